The quantitative estimate of drug-likeness (QED) is 0.888. The van der Waals surface area contributed by atoms with Crippen molar-refractivity contribution in [3.05, 3.63) is 47.8 Å². The number of hydrogen-bond donors (Lipinski definition) is 2. The van der Waals surface area contributed by atoms with E-state index in [0.717, 1.165) is 11.4 Å². The number of aromatic nitrogens is 2. The maximum Gasteiger partial charge on any atom is 0.271 e. The smallest absolute Gasteiger partial charge is 0.271 e. The highest BCUT2D eigenvalue weighted by Gasteiger charge is 2.16. The van der Waals surface area contributed by atoms with Crippen LogP contribution in [0.5, 0.6) is 0 Å². The molecule has 0 spiro atoms. The van der Waals surface area contributed by atoms with Gasteiger partial charge < -0.3 is 11.1 Å². The van der Waals surface area contributed by atoms with Crippen molar-refractivity contribution in [2.24, 2.45) is 5.73 Å². The van der Waals surface area contributed by atoms with Gasteiger partial charge in [0, 0.05) is 17.8 Å². The van der Waals surface area contributed by atoms with E-state index in [4.69, 9.17) is 5.73 Å². The van der Waals surface area contributed by atoms with Crippen molar-refractivity contribution in [2.75, 3.05) is 6.54 Å². The fourth-order valence-corrected chi connectivity index (χ4v) is 1.81. The first-order valence-corrected chi connectivity index (χ1v) is 6.56. The molecule has 1 amide bonds. The van der Waals surface area contributed by atoms with Gasteiger partial charge in [0.15, 0.2) is 5.69 Å². The van der Waals surface area contributed by atoms with E-state index >= 15 is 0 Å². The molecule has 5 nitrogen and oxygen atoms in total. The molecule has 0 aliphatic rings. The first kappa shape index (κ1) is 14.3. The highest BCUT2D eigenvalue weighted by molar-refractivity contribution is 5.92. The summed E-state index contributed by atoms with van der Waals surface area (Å²) in [6.07, 6.45) is 0. The van der Waals surface area contributed by atoms with Gasteiger partial charge >= 0.3 is 0 Å². The zero-order valence-corrected chi connectivity index (χ0v) is 12.1. The van der Waals surface area contributed by atoms with Crippen molar-refractivity contribution in [1.82, 2.24) is 15.1 Å². The van der Waals surface area contributed by atoms with Crippen LogP contribution in [0.4, 0.5) is 0 Å². The lowest BCUT2D eigenvalue weighted by Crippen LogP contribution is -2.45. The average molecular weight is 272 g/mol. The third-order valence-electron chi connectivity index (χ3n) is 2.83. The Balaban J connectivity index is 2.17. The lowest BCUT2D eigenvalue weighted by molar-refractivity contribution is 0.0940. The second kappa shape index (κ2) is 5.46. The highest BCUT2D eigenvalue weighted by Crippen LogP contribution is 2.11. The monoisotopic (exact) mass is 272 g/mol. The van der Waals surface area contributed by atoms with Gasteiger partial charge in [-0.05, 0) is 39.0 Å². The topological polar surface area (TPSA) is 72.9 Å². The first-order valence-electron chi connectivity index (χ1n) is 6.56. The molecule has 1 aromatic heterocycles. The Labute approximate surface area is 118 Å². The predicted molar refractivity (Wildman–Crippen MR) is 78.9 cm³/mol. The van der Waals surface area contributed by atoms with Crippen LogP contribution in [0, 0.1) is 6.92 Å². The Morgan fingerprint density at radius 3 is 2.60 bits per heavy atom. The molecule has 0 radical (unpaired) electrons. The molecule has 1 aromatic carbocycles. The van der Waals surface area contributed by atoms with Gasteiger partial charge in [-0.1, -0.05) is 18.2 Å². The molecule has 0 atom stereocenters. The van der Waals surface area contributed by atoms with Crippen LogP contribution in [0.1, 0.15) is 30.0 Å². The lowest BCUT2D eigenvalue weighted by atomic mass is 10.1. The summed E-state index contributed by atoms with van der Waals surface area (Å²) in [4.78, 5) is 12.0. The number of hydrogen-bond acceptors (Lipinski definition) is 3. The van der Waals surface area contributed by atoms with Crippen LogP contribution in [0.25, 0.3) is 5.69 Å². The van der Waals surface area contributed by atoms with Crippen LogP contribution < -0.4 is 11.1 Å². The summed E-state index contributed by atoms with van der Waals surface area (Å²) in [5.41, 5.74) is 7.65. The number of amides is 1. The van der Waals surface area contributed by atoms with Crippen LogP contribution in [0.3, 0.4) is 0 Å². The molecule has 20 heavy (non-hydrogen) atoms. The number of para-hydroxylation sites is 1. The Bertz CT molecular complexity index is 596. The zero-order valence-electron chi connectivity index (χ0n) is 12.1. The standard InChI is InChI=1S/C15H20N4O/c1-11-9-13(14(20)17-10-15(2,3)16)18-19(11)12-7-5-4-6-8-12/h4-9H,10,16H2,1-3H3,(H,17,20). The van der Waals surface area contributed by atoms with E-state index in [1.165, 1.54) is 0 Å². The van der Waals surface area contributed by atoms with Crippen molar-refractivity contribution >= 4 is 5.91 Å². The maximum atomic E-state index is 12.0. The van der Waals surface area contributed by atoms with Crippen molar-refractivity contribution < 1.29 is 4.79 Å². The van der Waals surface area contributed by atoms with Crippen molar-refractivity contribution in [2.45, 2.75) is 26.3 Å². The SMILES string of the molecule is Cc1cc(C(=O)NCC(C)(C)N)nn1-c1ccccc1. The van der Waals surface area contributed by atoms with Crippen LogP contribution in [0.2, 0.25) is 0 Å². The van der Waals surface area contributed by atoms with E-state index in [1.807, 2.05) is 51.1 Å². The van der Waals surface area contributed by atoms with Gasteiger partial charge in [0.1, 0.15) is 0 Å². The molecule has 0 fully saturated rings. The van der Waals surface area contributed by atoms with Gasteiger partial charge in [-0.25, -0.2) is 4.68 Å². The first-order chi connectivity index (χ1) is 9.37. The average Bonchev–Trinajstić information content (AvgIpc) is 2.78. The summed E-state index contributed by atoms with van der Waals surface area (Å²) in [6.45, 7) is 6.05. The molecule has 0 bridgehead atoms. The van der Waals surface area contributed by atoms with Crippen LogP contribution >= 0.6 is 0 Å². The fraction of sp³-hybridized carbons (Fsp3) is 0.333. The molecule has 0 saturated carbocycles. The van der Waals surface area contributed by atoms with Crippen molar-refractivity contribution in [1.29, 1.82) is 0 Å². The van der Waals surface area contributed by atoms with E-state index in [2.05, 4.69) is 10.4 Å². The minimum atomic E-state index is -0.438. The van der Waals surface area contributed by atoms with Gasteiger partial charge in [-0.2, -0.15) is 5.10 Å². The van der Waals surface area contributed by atoms with Gasteiger partial charge in [0.05, 0.1) is 5.69 Å². The number of rotatable bonds is 4. The van der Waals surface area contributed by atoms with Crippen LogP contribution in [0.15, 0.2) is 36.4 Å². The third-order valence-corrected chi connectivity index (χ3v) is 2.83. The Morgan fingerprint density at radius 1 is 1.35 bits per heavy atom. The van der Waals surface area contributed by atoms with Gasteiger partial charge in [-0.3, -0.25) is 4.79 Å². The molecule has 5 heteroatoms. The molecule has 2 aromatic rings. The lowest BCUT2D eigenvalue weighted by Gasteiger charge is -2.18. The number of benzene rings is 1. The molecule has 0 unspecified atom stereocenters. The van der Waals surface area contributed by atoms with Crippen LogP contribution in [-0.2, 0) is 0 Å². The van der Waals surface area contributed by atoms with E-state index in [-0.39, 0.29) is 5.91 Å². The number of aryl methyl sites for hydroxylation is 1. The normalized spacial score (nSPS) is 11.4. The van der Waals surface area contributed by atoms with Crippen LogP contribution in [-0.4, -0.2) is 27.8 Å². The number of carbonyl (C=O) groups excluding carboxylic acids is 1. The van der Waals surface area contributed by atoms with E-state index < -0.39 is 5.54 Å². The number of nitrogens with two attached hydrogens (primary N) is 1. The Kier molecular flexibility index (Phi) is 3.90. The number of nitrogens with zero attached hydrogens (tertiary/aromatic N) is 2. The van der Waals surface area contributed by atoms with Gasteiger partial charge in [0.25, 0.3) is 5.91 Å². The predicted octanol–water partition coefficient (Wildman–Crippen LogP) is 1.65. The van der Waals surface area contributed by atoms with Crippen molar-refractivity contribution in [3.63, 3.8) is 0 Å². The Hall–Kier alpha value is -2.14. The summed E-state index contributed by atoms with van der Waals surface area (Å²) in [5, 5.41) is 7.14. The highest BCUT2D eigenvalue weighted by atomic mass is 16.1. The molecule has 1 heterocycles. The molecule has 0 aliphatic heterocycles. The molecule has 2 rings (SSSR count). The largest absolute Gasteiger partial charge is 0.349 e. The maximum absolute atomic E-state index is 12.0. The van der Waals surface area contributed by atoms with E-state index in [9.17, 15) is 4.79 Å². The molecular formula is C15H20N4O. The molecule has 0 aliphatic carbocycles. The summed E-state index contributed by atoms with van der Waals surface area (Å²) >= 11 is 0. The minimum absolute atomic E-state index is 0.207. The minimum Gasteiger partial charge on any atom is -0.349 e. The summed E-state index contributed by atoms with van der Waals surface area (Å²) in [7, 11) is 0. The molecule has 0 saturated heterocycles. The van der Waals surface area contributed by atoms with Gasteiger partial charge in [-0.15, -0.1) is 0 Å². The summed E-state index contributed by atoms with van der Waals surface area (Å²) in [6, 6.07) is 11.5. The number of carbonyl (C=O) groups is 1. The molecule has 106 valence electrons. The fourth-order valence-electron chi connectivity index (χ4n) is 1.81. The summed E-state index contributed by atoms with van der Waals surface area (Å²) in [5.74, 6) is -0.207. The number of nitrogens with one attached hydrogen (secondary N) is 1. The Morgan fingerprint density at radius 2 is 2.00 bits per heavy atom. The van der Waals surface area contributed by atoms with E-state index in [1.54, 1.807) is 10.7 Å². The van der Waals surface area contributed by atoms with Crippen molar-refractivity contribution in [3.8, 4) is 5.69 Å². The van der Waals surface area contributed by atoms with E-state index in [0.29, 0.717) is 12.2 Å². The molecule has 3 N–H and O–H groups in total. The van der Waals surface area contributed by atoms with Gasteiger partial charge in [0.2, 0.25) is 0 Å². The zero-order chi connectivity index (χ0) is 14.8. The second-order valence-corrected chi connectivity index (χ2v) is 5.59. The molecular weight excluding hydrogens is 252 g/mol. The second-order valence-electron chi connectivity index (χ2n) is 5.59. The summed E-state index contributed by atoms with van der Waals surface area (Å²) < 4.78 is 1.75. The third kappa shape index (κ3) is 3.45.